The molecule has 2 aliphatic carbocycles. The van der Waals surface area contributed by atoms with E-state index in [1.807, 2.05) is 25.7 Å². The van der Waals surface area contributed by atoms with Crippen molar-refractivity contribution < 1.29 is 42.4 Å². The Kier molecular flexibility index (Phi) is 15.8. The number of carbonyl (C=O) groups excluding carboxylic acids is 1. The maximum Gasteiger partial charge on any atom is 0.410 e. The lowest BCUT2D eigenvalue weighted by molar-refractivity contribution is -0.137. The second-order valence-electron chi connectivity index (χ2n) is 24.8. The van der Waals surface area contributed by atoms with Crippen molar-refractivity contribution in [2.75, 3.05) is 58.1 Å². The Labute approximate surface area is 443 Å². The molecule has 406 valence electrons. The highest BCUT2D eigenvalue weighted by Crippen LogP contribution is 2.51. The van der Waals surface area contributed by atoms with E-state index in [1.165, 1.54) is 26.0 Å². The van der Waals surface area contributed by atoms with Gasteiger partial charge in [-0.15, -0.1) is 5.54 Å². The number of carboxylic acid groups (broad SMARTS) is 1. The minimum atomic E-state index is -2.33. The highest BCUT2D eigenvalue weighted by atomic mass is 28.3. The lowest BCUT2D eigenvalue weighted by atomic mass is 9.65. The van der Waals surface area contributed by atoms with Gasteiger partial charge in [0, 0.05) is 55.7 Å². The third-order valence-corrected chi connectivity index (χ3v) is 24.1. The van der Waals surface area contributed by atoms with E-state index in [1.54, 1.807) is 24.4 Å². The van der Waals surface area contributed by atoms with Crippen LogP contribution < -0.4 is 14.4 Å². The van der Waals surface area contributed by atoms with E-state index < -0.39 is 31.3 Å². The van der Waals surface area contributed by atoms with Crippen LogP contribution in [-0.4, -0.2) is 121 Å². The van der Waals surface area contributed by atoms with E-state index in [0.717, 1.165) is 77.4 Å². The van der Waals surface area contributed by atoms with Gasteiger partial charge in [0.25, 0.3) is 0 Å². The molecule has 16 heteroatoms. The summed E-state index contributed by atoms with van der Waals surface area (Å²) >= 11 is 0. The summed E-state index contributed by atoms with van der Waals surface area (Å²) in [4.78, 5) is 46.2. The van der Waals surface area contributed by atoms with E-state index in [-0.39, 0.29) is 59.6 Å². The minimum absolute atomic E-state index is 0.0250. The van der Waals surface area contributed by atoms with Crippen molar-refractivity contribution in [3.8, 4) is 34.5 Å². The van der Waals surface area contributed by atoms with E-state index in [0.29, 0.717) is 80.9 Å². The fourth-order valence-corrected chi connectivity index (χ4v) is 18.8. The molecule has 1 amide bonds. The highest BCUT2D eigenvalue weighted by molar-refractivity contribution is 6.90. The predicted molar refractivity (Wildman–Crippen MR) is 292 cm³/mol. The number of likely N-dealkylation sites (tertiary alicyclic amines) is 1. The average Bonchev–Trinajstić information content (AvgIpc) is 4.08. The Morgan fingerprint density at radius 2 is 1.56 bits per heavy atom. The first kappa shape index (κ1) is 54.7. The van der Waals surface area contributed by atoms with Gasteiger partial charge in [0.15, 0.2) is 12.6 Å². The van der Waals surface area contributed by atoms with Gasteiger partial charge in [-0.05, 0) is 156 Å². The summed E-state index contributed by atoms with van der Waals surface area (Å²) in [6.07, 6.45) is 12.8. The van der Waals surface area contributed by atoms with Gasteiger partial charge in [0.05, 0.1) is 29.6 Å². The molecule has 3 saturated heterocycles. The van der Waals surface area contributed by atoms with Gasteiger partial charge >= 0.3 is 18.1 Å². The Morgan fingerprint density at radius 1 is 0.893 bits per heavy atom. The number of piperidine rings is 1. The molecule has 13 nitrogen and oxygen atoms in total. The number of hydrogen-bond acceptors (Lipinski definition) is 11. The first-order valence-corrected chi connectivity index (χ1v) is 30.0. The zero-order valence-electron chi connectivity index (χ0n) is 46.1. The number of nitrogens with zero attached hydrogens (tertiary/aromatic N) is 6. The summed E-state index contributed by atoms with van der Waals surface area (Å²) in [7, 11) is -0.809. The van der Waals surface area contributed by atoms with Crippen molar-refractivity contribution in [2.24, 2.45) is 16.7 Å². The first-order valence-electron chi connectivity index (χ1n) is 27.7. The van der Waals surface area contributed by atoms with E-state index in [4.69, 9.17) is 33.9 Å². The number of aliphatic carboxylic acids is 1. The van der Waals surface area contributed by atoms with E-state index in [9.17, 15) is 14.7 Å². The van der Waals surface area contributed by atoms with Crippen molar-refractivity contribution in [3.05, 3.63) is 47.7 Å². The summed E-state index contributed by atoms with van der Waals surface area (Å²) < 4.78 is 58.5. The molecule has 5 fully saturated rings. The lowest BCUT2D eigenvalue weighted by Crippen LogP contribution is -2.57. The Hall–Kier alpha value is -5.11. The zero-order valence-corrected chi connectivity index (χ0v) is 47.1. The molecule has 0 radical (unpaired) electrons. The molecule has 5 aliphatic rings. The van der Waals surface area contributed by atoms with E-state index in [2.05, 4.69) is 62.8 Å². The van der Waals surface area contributed by atoms with Crippen LogP contribution in [0.2, 0.25) is 16.6 Å². The second kappa shape index (κ2) is 21.7. The highest BCUT2D eigenvalue weighted by Gasteiger charge is 2.48. The van der Waals surface area contributed by atoms with Gasteiger partial charge < -0.3 is 33.9 Å². The van der Waals surface area contributed by atoms with Gasteiger partial charge in [-0.2, -0.15) is 9.97 Å². The molecule has 1 spiro atoms. The number of halogens is 2. The molecule has 2 atom stereocenters. The number of ether oxygens (including phenoxy) is 4. The number of amides is 1. The number of hydrogen-bond donors (Lipinski definition) is 1. The molecule has 75 heavy (non-hydrogen) atoms. The summed E-state index contributed by atoms with van der Waals surface area (Å²) in [5, 5.41) is 10.7. The van der Waals surface area contributed by atoms with Crippen LogP contribution in [0.1, 0.15) is 145 Å². The summed E-state index contributed by atoms with van der Waals surface area (Å²) in [6.45, 7) is 23.1. The average molecular weight is 1050 g/mol. The summed E-state index contributed by atoms with van der Waals surface area (Å²) in [5.74, 6) is 2.85. The number of aromatic nitrogens is 3. The summed E-state index contributed by atoms with van der Waals surface area (Å²) in [6, 6.07) is 6.34. The molecule has 1 N–H and O–H groups in total. The Balaban J connectivity index is 1.07. The van der Waals surface area contributed by atoms with Gasteiger partial charge in [-0.25, -0.2) is 13.6 Å². The number of pyridine rings is 1. The van der Waals surface area contributed by atoms with Crippen LogP contribution in [-0.2, 0) is 14.3 Å². The predicted octanol–water partition coefficient (Wildman–Crippen LogP) is 12.6. The Morgan fingerprint density at radius 3 is 2.16 bits per heavy atom. The quantitative estimate of drug-likeness (QED) is 0.0649. The third-order valence-electron chi connectivity index (χ3n) is 17.8. The molecule has 2 aromatic carbocycles. The number of carboxylic acids is 1. The molecule has 2 unspecified atom stereocenters. The lowest BCUT2D eigenvalue weighted by Gasteiger charge is -2.46. The van der Waals surface area contributed by atoms with Crippen molar-refractivity contribution in [2.45, 2.75) is 174 Å². The smallest absolute Gasteiger partial charge is 0.410 e. The van der Waals surface area contributed by atoms with Gasteiger partial charge in [0.2, 0.25) is 0 Å². The van der Waals surface area contributed by atoms with Gasteiger partial charge in [-0.3, -0.25) is 14.7 Å². The zero-order chi connectivity index (χ0) is 53.6. The normalized spacial score (nSPS) is 20.8. The monoisotopic (exact) mass is 1050 g/mol. The standard InChI is InChI=1S/C59H80F2N6O7Si/c1-37(2)75(38(3)4,39(5)6)28-19-45-48(60)15-12-41-29-44(73-36-71-10)30-46(50(41)45)52-51(61)53-47(31-62-52)54(66-32-42-13-14-43(33-66)67(42)56(70)74-57(7,8)9)64-55(63-53)72-35-59(22-23-59)34-65-26-24-58(25-27-65)20-17-40(18-21-58)11-16-49(68)69/h12,15,29-31,37-40,42-43H,11,13-14,16-18,20-27,32-36H2,1-10H3,(H,68,69). The fraction of sp³-hybridized carbons (Fsp3) is 0.644. The van der Waals surface area contributed by atoms with Crippen molar-refractivity contribution in [3.63, 3.8) is 0 Å². The van der Waals surface area contributed by atoms with Crippen LogP contribution in [0.4, 0.5) is 19.4 Å². The Bertz CT molecular complexity index is 2790. The number of carbonyl (C=O) groups is 2. The topological polar surface area (TPSA) is 140 Å². The first-order chi connectivity index (χ1) is 35.6. The largest absolute Gasteiger partial charge is 0.481 e. The maximum atomic E-state index is 18.1. The van der Waals surface area contributed by atoms with E-state index >= 15 is 8.78 Å². The van der Waals surface area contributed by atoms with Gasteiger partial charge in [-0.1, -0.05) is 53.5 Å². The van der Waals surface area contributed by atoms with Crippen LogP contribution in [0.15, 0.2) is 30.5 Å². The van der Waals surface area contributed by atoms with Crippen LogP contribution in [0.5, 0.6) is 11.8 Å². The maximum absolute atomic E-state index is 18.1. The van der Waals surface area contributed by atoms with Gasteiger partial charge in [0.1, 0.15) is 42.3 Å². The minimum Gasteiger partial charge on any atom is -0.481 e. The number of fused-ring (bicyclic) bond motifs is 4. The number of piperazine rings is 1. The summed E-state index contributed by atoms with van der Waals surface area (Å²) in [5.41, 5.74) is 4.73. The molecule has 3 aliphatic heterocycles. The van der Waals surface area contributed by atoms with Crippen LogP contribution in [0.3, 0.4) is 0 Å². The number of methoxy groups -OCH3 is 1. The molecule has 9 rings (SSSR count). The number of benzene rings is 2. The second-order valence-corrected chi connectivity index (χ2v) is 30.4. The molecular weight excluding hydrogens is 971 g/mol. The number of anilines is 1. The van der Waals surface area contributed by atoms with Crippen molar-refractivity contribution in [1.29, 1.82) is 0 Å². The number of rotatable bonds is 16. The fourth-order valence-electron chi connectivity index (χ4n) is 13.5. The molecule has 2 bridgehead atoms. The molecule has 4 aromatic rings. The molecule has 2 saturated carbocycles. The third kappa shape index (κ3) is 11.5. The van der Waals surface area contributed by atoms with Crippen LogP contribution in [0, 0.1) is 39.8 Å². The van der Waals surface area contributed by atoms with Crippen LogP contribution in [0.25, 0.3) is 32.9 Å². The van der Waals surface area contributed by atoms with Crippen LogP contribution >= 0.6 is 0 Å². The van der Waals surface area contributed by atoms with Crippen molar-refractivity contribution >= 4 is 47.6 Å². The van der Waals surface area contributed by atoms with Crippen molar-refractivity contribution in [1.82, 2.24) is 24.8 Å². The molecule has 2 aromatic heterocycles. The molecule has 5 heterocycles. The SMILES string of the molecule is COCOc1cc(-c2ncc3c(N4CC5CCC(C4)N5C(=O)OC(C)(C)C)nc(OCC4(CN5CCC6(CCC(CCC(=O)O)CC6)CC5)CC4)nc3c2F)c2c(C#C[Si](C(C)C)(C(C)C)C(C)C)c(F)ccc2c1. The molecular formula is C59H80F2N6O7Si.